The normalized spacial score (nSPS) is 14.8. The van der Waals surface area contributed by atoms with Crippen LogP contribution in [-0.2, 0) is 12.8 Å². The lowest BCUT2D eigenvalue weighted by atomic mass is 10.0. The minimum Gasteiger partial charge on any atom is -0.329 e. The van der Waals surface area contributed by atoms with Crippen molar-refractivity contribution in [3.63, 3.8) is 0 Å². The van der Waals surface area contributed by atoms with Crippen molar-refractivity contribution in [1.82, 2.24) is 10.6 Å². The molecule has 0 unspecified atom stereocenters. The summed E-state index contributed by atoms with van der Waals surface area (Å²) in [6.45, 7) is 4.33. The van der Waals surface area contributed by atoms with Gasteiger partial charge in [0.2, 0.25) is 0 Å². The first kappa shape index (κ1) is 19.6. The first-order valence-electron chi connectivity index (χ1n) is 9.17. The summed E-state index contributed by atoms with van der Waals surface area (Å²) in [6.07, 6.45) is 1.92. The zero-order valence-corrected chi connectivity index (χ0v) is 15.2. The van der Waals surface area contributed by atoms with E-state index in [0.29, 0.717) is 12.6 Å². The van der Waals surface area contributed by atoms with E-state index in [2.05, 4.69) is 65.2 Å². The van der Waals surface area contributed by atoms with E-state index < -0.39 is 0 Å². The van der Waals surface area contributed by atoms with E-state index in [9.17, 15) is 0 Å². The minimum absolute atomic E-state index is 0.146. The van der Waals surface area contributed by atoms with Crippen molar-refractivity contribution in [2.75, 3.05) is 19.6 Å². The Labute approximate surface area is 152 Å². The Morgan fingerprint density at radius 1 is 0.760 bits per heavy atom. The van der Waals surface area contributed by atoms with Crippen molar-refractivity contribution in [3.05, 3.63) is 71.8 Å². The predicted octanol–water partition coefficient (Wildman–Crippen LogP) is 1.69. The molecule has 0 aliphatic carbocycles. The lowest BCUT2D eigenvalue weighted by Crippen LogP contribution is -2.49. The zero-order valence-electron chi connectivity index (χ0n) is 15.2. The molecule has 2 aromatic rings. The number of nitrogens with two attached hydrogens (primary N) is 2. The summed E-state index contributed by atoms with van der Waals surface area (Å²) >= 11 is 0. The Bertz CT molecular complexity index is 571. The molecule has 0 aliphatic rings. The molecule has 0 fully saturated rings. The van der Waals surface area contributed by atoms with Gasteiger partial charge in [-0.2, -0.15) is 0 Å². The number of benzene rings is 2. The van der Waals surface area contributed by atoms with Crippen LogP contribution in [0.25, 0.3) is 0 Å². The van der Waals surface area contributed by atoms with Crippen LogP contribution in [0.3, 0.4) is 0 Å². The second-order valence-electron chi connectivity index (χ2n) is 6.80. The van der Waals surface area contributed by atoms with Gasteiger partial charge in [0.15, 0.2) is 0 Å². The average molecular weight is 341 g/mol. The van der Waals surface area contributed by atoms with E-state index in [4.69, 9.17) is 11.5 Å². The van der Waals surface area contributed by atoms with Crippen molar-refractivity contribution in [2.24, 2.45) is 11.5 Å². The molecule has 25 heavy (non-hydrogen) atoms. The summed E-state index contributed by atoms with van der Waals surface area (Å²) in [5.74, 6) is 0. The van der Waals surface area contributed by atoms with Crippen LogP contribution in [0.5, 0.6) is 0 Å². The van der Waals surface area contributed by atoms with Gasteiger partial charge in [-0.05, 0) is 30.9 Å². The van der Waals surface area contributed by atoms with Gasteiger partial charge in [0.05, 0.1) is 0 Å². The molecule has 4 nitrogen and oxygen atoms in total. The first-order chi connectivity index (χ1) is 12.2. The molecule has 0 saturated heterocycles. The third-order valence-corrected chi connectivity index (χ3v) is 4.32. The van der Waals surface area contributed by atoms with Crippen LogP contribution in [0.1, 0.15) is 18.1 Å². The van der Waals surface area contributed by atoms with E-state index in [-0.39, 0.29) is 12.1 Å². The van der Waals surface area contributed by atoms with Crippen LogP contribution in [0.2, 0.25) is 0 Å². The molecule has 2 rings (SSSR count). The third-order valence-electron chi connectivity index (χ3n) is 4.32. The molecular formula is C21H32N4. The quantitative estimate of drug-likeness (QED) is 0.502. The Morgan fingerprint density at radius 3 is 1.72 bits per heavy atom. The molecule has 0 spiro atoms. The van der Waals surface area contributed by atoms with Crippen LogP contribution >= 0.6 is 0 Å². The van der Waals surface area contributed by atoms with E-state index in [1.54, 1.807) is 0 Å². The molecule has 0 heterocycles. The van der Waals surface area contributed by atoms with E-state index in [0.717, 1.165) is 25.9 Å². The van der Waals surface area contributed by atoms with Crippen LogP contribution in [-0.4, -0.2) is 37.8 Å². The Morgan fingerprint density at radius 2 is 1.24 bits per heavy atom. The lowest BCUT2D eigenvalue weighted by Gasteiger charge is -2.24. The summed E-state index contributed by atoms with van der Waals surface area (Å²) in [7, 11) is 0. The van der Waals surface area contributed by atoms with Crippen LogP contribution in [0, 0.1) is 0 Å². The molecule has 0 aliphatic heterocycles. The fourth-order valence-corrected chi connectivity index (χ4v) is 2.91. The average Bonchev–Trinajstić information content (AvgIpc) is 2.64. The lowest BCUT2D eigenvalue weighted by molar-refractivity contribution is 0.419. The molecule has 0 bridgehead atoms. The van der Waals surface area contributed by atoms with Crippen LogP contribution < -0.4 is 22.1 Å². The molecule has 2 aromatic carbocycles. The standard InChI is InChI=1S/C21H32N4/c1-17(23)15-24-21(13-19-10-6-3-7-11-19)16-25-20(14-22)12-18-8-4-2-5-9-18/h2-11,17,20-21,24-25H,12-16,22-23H2,1H3/t17-,20+,21-/m1/s1. The second kappa shape index (κ2) is 11.0. The summed E-state index contributed by atoms with van der Waals surface area (Å²) in [6, 6.07) is 21.8. The monoisotopic (exact) mass is 340 g/mol. The summed E-state index contributed by atoms with van der Waals surface area (Å²) in [4.78, 5) is 0. The first-order valence-corrected chi connectivity index (χ1v) is 9.17. The van der Waals surface area contributed by atoms with Crippen LogP contribution in [0.4, 0.5) is 0 Å². The van der Waals surface area contributed by atoms with Crippen molar-refractivity contribution in [3.8, 4) is 0 Å². The largest absolute Gasteiger partial charge is 0.329 e. The van der Waals surface area contributed by atoms with Gasteiger partial charge in [0.25, 0.3) is 0 Å². The van der Waals surface area contributed by atoms with Gasteiger partial charge in [-0.15, -0.1) is 0 Å². The van der Waals surface area contributed by atoms with Crippen molar-refractivity contribution < 1.29 is 0 Å². The summed E-state index contributed by atoms with van der Waals surface area (Å²) in [5, 5.41) is 7.22. The molecular weight excluding hydrogens is 308 g/mol. The van der Waals surface area contributed by atoms with Gasteiger partial charge in [-0.25, -0.2) is 0 Å². The number of hydrogen-bond acceptors (Lipinski definition) is 4. The molecule has 3 atom stereocenters. The van der Waals surface area contributed by atoms with Crippen molar-refractivity contribution in [2.45, 2.75) is 37.9 Å². The maximum Gasteiger partial charge on any atom is 0.0233 e. The van der Waals surface area contributed by atoms with Gasteiger partial charge in [0, 0.05) is 37.8 Å². The molecule has 0 saturated carbocycles. The van der Waals surface area contributed by atoms with Gasteiger partial charge in [-0.3, -0.25) is 0 Å². The minimum atomic E-state index is 0.146. The van der Waals surface area contributed by atoms with E-state index >= 15 is 0 Å². The highest BCUT2D eigenvalue weighted by molar-refractivity contribution is 5.17. The summed E-state index contributed by atoms with van der Waals surface area (Å²) in [5.41, 5.74) is 14.5. The smallest absolute Gasteiger partial charge is 0.0233 e. The van der Waals surface area contributed by atoms with Gasteiger partial charge >= 0.3 is 0 Å². The predicted molar refractivity (Wildman–Crippen MR) is 107 cm³/mol. The summed E-state index contributed by atoms with van der Waals surface area (Å²) < 4.78 is 0. The SMILES string of the molecule is C[C@@H](N)CN[C@@H](CN[C@H](CN)Cc1ccccc1)Cc1ccccc1. The fourth-order valence-electron chi connectivity index (χ4n) is 2.91. The topological polar surface area (TPSA) is 76.1 Å². The van der Waals surface area contributed by atoms with Crippen LogP contribution in [0.15, 0.2) is 60.7 Å². The Balaban J connectivity index is 1.89. The van der Waals surface area contributed by atoms with E-state index in [1.165, 1.54) is 11.1 Å². The van der Waals surface area contributed by atoms with Crippen molar-refractivity contribution >= 4 is 0 Å². The van der Waals surface area contributed by atoms with Gasteiger partial charge < -0.3 is 22.1 Å². The Kier molecular flexibility index (Phi) is 8.63. The molecule has 0 radical (unpaired) electrons. The molecule has 4 heteroatoms. The highest BCUT2D eigenvalue weighted by Gasteiger charge is 2.13. The highest BCUT2D eigenvalue weighted by Crippen LogP contribution is 2.05. The zero-order chi connectivity index (χ0) is 17.9. The molecule has 0 amide bonds. The molecule has 0 aromatic heterocycles. The fraction of sp³-hybridized carbons (Fsp3) is 0.429. The van der Waals surface area contributed by atoms with Crippen molar-refractivity contribution in [1.29, 1.82) is 0 Å². The maximum atomic E-state index is 5.98. The number of rotatable bonds is 11. The molecule has 6 N–H and O–H groups in total. The number of hydrogen-bond donors (Lipinski definition) is 4. The van der Waals surface area contributed by atoms with Gasteiger partial charge in [0.1, 0.15) is 0 Å². The molecule has 136 valence electrons. The second-order valence-corrected chi connectivity index (χ2v) is 6.80. The van der Waals surface area contributed by atoms with Gasteiger partial charge in [-0.1, -0.05) is 60.7 Å². The third kappa shape index (κ3) is 7.80. The maximum absolute atomic E-state index is 5.98. The Hall–Kier alpha value is -1.72. The highest BCUT2D eigenvalue weighted by atomic mass is 15.0. The number of nitrogens with one attached hydrogen (secondary N) is 2. The van der Waals surface area contributed by atoms with E-state index in [1.807, 2.05) is 13.0 Å².